The minimum absolute atomic E-state index is 0.112. The zero-order valence-electron chi connectivity index (χ0n) is 14.3. The second-order valence-electron chi connectivity index (χ2n) is 6.43. The molecule has 2 saturated heterocycles. The molecule has 2 unspecified atom stereocenters. The van der Waals surface area contributed by atoms with Gasteiger partial charge < -0.3 is 19.5 Å². The van der Waals surface area contributed by atoms with E-state index in [1.807, 2.05) is 17.8 Å². The number of aliphatic hydroxyl groups is 1. The van der Waals surface area contributed by atoms with Crippen molar-refractivity contribution in [1.82, 2.24) is 4.90 Å². The van der Waals surface area contributed by atoms with Crippen LogP contribution < -0.4 is 0 Å². The molecule has 1 radical (unpaired) electrons. The van der Waals surface area contributed by atoms with Gasteiger partial charge in [0.25, 0.3) is 0 Å². The van der Waals surface area contributed by atoms with Gasteiger partial charge in [-0.05, 0) is 32.6 Å². The molecule has 2 heterocycles. The molecule has 0 aliphatic carbocycles. The Labute approximate surface area is 140 Å². The standard InChI is InChI=1S/C17H29BNO4/c1-13(20)7-8-14-15(23-17-6-3-4-11-22-17)12-16(21)19(14)10-5-9-18-2/h7-8,13-15,17,20H,3-6,9-12H2,1-2H3/b8-7+/t13?,14-,15+,17?/m0/s1. The lowest BCUT2D eigenvalue weighted by molar-refractivity contribution is -0.189. The minimum atomic E-state index is -0.525. The summed E-state index contributed by atoms with van der Waals surface area (Å²) in [5.74, 6) is 0.127. The van der Waals surface area contributed by atoms with Gasteiger partial charge in [-0.15, -0.1) is 0 Å². The first kappa shape index (κ1) is 18.5. The summed E-state index contributed by atoms with van der Waals surface area (Å²) in [5.41, 5.74) is 0. The van der Waals surface area contributed by atoms with Gasteiger partial charge >= 0.3 is 0 Å². The summed E-state index contributed by atoms with van der Waals surface area (Å²) in [6.07, 6.45) is 8.15. The van der Waals surface area contributed by atoms with Gasteiger partial charge in [-0.3, -0.25) is 4.79 Å². The van der Waals surface area contributed by atoms with E-state index in [-0.39, 0.29) is 24.3 Å². The zero-order chi connectivity index (χ0) is 16.7. The van der Waals surface area contributed by atoms with Crippen LogP contribution in [0.25, 0.3) is 0 Å². The highest BCUT2D eigenvalue weighted by Crippen LogP contribution is 2.27. The lowest BCUT2D eigenvalue weighted by Gasteiger charge is -2.30. The van der Waals surface area contributed by atoms with E-state index >= 15 is 0 Å². The molecule has 0 aromatic rings. The van der Waals surface area contributed by atoms with Crippen molar-refractivity contribution in [3.8, 4) is 0 Å². The van der Waals surface area contributed by atoms with Crippen LogP contribution in [-0.2, 0) is 14.3 Å². The van der Waals surface area contributed by atoms with Crippen molar-refractivity contribution < 1.29 is 19.4 Å². The number of rotatable bonds is 8. The molecule has 1 N–H and O–H groups in total. The maximum atomic E-state index is 12.4. The summed E-state index contributed by atoms with van der Waals surface area (Å²) in [6.45, 7) is 5.20. The molecule has 2 fully saturated rings. The van der Waals surface area contributed by atoms with Crippen molar-refractivity contribution in [2.24, 2.45) is 0 Å². The monoisotopic (exact) mass is 322 g/mol. The van der Waals surface area contributed by atoms with Crippen molar-refractivity contribution in [3.63, 3.8) is 0 Å². The van der Waals surface area contributed by atoms with Crippen molar-refractivity contribution in [3.05, 3.63) is 12.2 Å². The average molecular weight is 322 g/mol. The number of nitrogens with zero attached hydrogens (tertiary/aromatic N) is 1. The van der Waals surface area contributed by atoms with Gasteiger partial charge in [-0.1, -0.05) is 25.3 Å². The lowest BCUT2D eigenvalue weighted by atomic mass is 9.77. The molecule has 0 bridgehead atoms. The fourth-order valence-corrected chi connectivity index (χ4v) is 3.16. The van der Waals surface area contributed by atoms with Crippen LogP contribution in [0.1, 0.15) is 39.0 Å². The third-order valence-electron chi connectivity index (χ3n) is 4.38. The van der Waals surface area contributed by atoms with Crippen molar-refractivity contribution in [1.29, 1.82) is 0 Å². The molecule has 2 aliphatic rings. The van der Waals surface area contributed by atoms with E-state index in [1.54, 1.807) is 13.0 Å². The molecular weight excluding hydrogens is 293 g/mol. The van der Waals surface area contributed by atoms with Crippen LogP contribution in [-0.4, -0.2) is 60.9 Å². The number of amides is 1. The van der Waals surface area contributed by atoms with Crippen LogP contribution in [0.2, 0.25) is 13.1 Å². The molecule has 129 valence electrons. The van der Waals surface area contributed by atoms with E-state index < -0.39 is 6.10 Å². The van der Waals surface area contributed by atoms with Crippen LogP contribution in [0.5, 0.6) is 0 Å². The molecule has 5 nitrogen and oxygen atoms in total. The molecule has 2 rings (SSSR count). The number of carbonyl (C=O) groups is 1. The Morgan fingerprint density at radius 1 is 1.52 bits per heavy atom. The first-order chi connectivity index (χ1) is 11.1. The molecule has 0 aromatic heterocycles. The van der Waals surface area contributed by atoms with Crippen molar-refractivity contribution in [2.45, 2.75) is 76.7 Å². The van der Waals surface area contributed by atoms with Crippen molar-refractivity contribution in [2.75, 3.05) is 13.2 Å². The minimum Gasteiger partial charge on any atom is -0.389 e. The zero-order valence-corrected chi connectivity index (χ0v) is 14.3. The van der Waals surface area contributed by atoms with Crippen molar-refractivity contribution >= 4 is 13.2 Å². The summed E-state index contributed by atoms with van der Waals surface area (Å²) in [4.78, 5) is 14.3. The fourth-order valence-electron chi connectivity index (χ4n) is 3.16. The van der Waals surface area contributed by atoms with Gasteiger partial charge in [0.15, 0.2) is 6.29 Å². The van der Waals surface area contributed by atoms with E-state index in [1.165, 1.54) is 0 Å². The molecular formula is C17H29BNO4. The number of hydrogen-bond acceptors (Lipinski definition) is 4. The molecule has 0 saturated carbocycles. The predicted molar refractivity (Wildman–Crippen MR) is 90.4 cm³/mol. The third kappa shape index (κ3) is 5.62. The molecule has 0 aromatic carbocycles. The Hall–Kier alpha value is -0.845. The van der Waals surface area contributed by atoms with E-state index in [0.717, 1.165) is 45.2 Å². The Morgan fingerprint density at radius 3 is 3.00 bits per heavy atom. The summed E-state index contributed by atoms with van der Waals surface area (Å²) in [7, 11) is 2.12. The van der Waals surface area contributed by atoms with Gasteiger partial charge in [0.1, 0.15) is 7.28 Å². The quantitative estimate of drug-likeness (QED) is 0.422. The topological polar surface area (TPSA) is 59.0 Å². The number of aliphatic hydroxyl groups excluding tert-OH is 1. The van der Waals surface area contributed by atoms with Crippen LogP contribution in [0.3, 0.4) is 0 Å². The Kier molecular flexibility index (Phi) is 7.60. The highest BCUT2D eigenvalue weighted by molar-refractivity contribution is 6.33. The molecule has 23 heavy (non-hydrogen) atoms. The van der Waals surface area contributed by atoms with Crippen LogP contribution >= 0.6 is 0 Å². The summed E-state index contributed by atoms with van der Waals surface area (Å²) in [6, 6.07) is -0.112. The Balaban J connectivity index is 2.01. The second kappa shape index (κ2) is 9.45. The first-order valence-electron chi connectivity index (χ1n) is 8.82. The summed E-state index contributed by atoms with van der Waals surface area (Å²) < 4.78 is 11.7. The maximum absolute atomic E-state index is 12.4. The number of hydrogen-bond donors (Lipinski definition) is 1. The summed E-state index contributed by atoms with van der Waals surface area (Å²) in [5, 5.41) is 9.53. The highest BCUT2D eigenvalue weighted by Gasteiger charge is 2.40. The van der Waals surface area contributed by atoms with E-state index in [2.05, 4.69) is 7.28 Å². The summed E-state index contributed by atoms with van der Waals surface area (Å²) >= 11 is 0. The highest BCUT2D eigenvalue weighted by atomic mass is 16.7. The Bertz CT molecular complexity index is 396. The molecule has 2 aliphatic heterocycles. The molecule has 6 heteroatoms. The lowest BCUT2D eigenvalue weighted by Crippen LogP contribution is -2.39. The van der Waals surface area contributed by atoms with Crippen LogP contribution in [0.4, 0.5) is 0 Å². The Morgan fingerprint density at radius 2 is 2.35 bits per heavy atom. The van der Waals surface area contributed by atoms with Gasteiger partial charge in [-0.25, -0.2) is 0 Å². The number of likely N-dealkylation sites (tertiary alicyclic amines) is 1. The van der Waals surface area contributed by atoms with E-state index in [9.17, 15) is 9.90 Å². The van der Waals surface area contributed by atoms with E-state index in [4.69, 9.17) is 9.47 Å². The fraction of sp³-hybridized carbons (Fsp3) is 0.824. The van der Waals surface area contributed by atoms with Gasteiger partial charge in [0.05, 0.1) is 24.7 Å². The number of carbonyl (C=O) groups excluding carboxylic acids is 1. The average Bonchev–Trinajstić information content (AvgIpc) is 2.82. The van der Waals surface area contributed by atoms with Crippen LogP contribution in [0.15, 0.2) is 12.2 Å². The molecule has 0 spiro atoms. The second-order valence-corrected chi connectivity index (χ2v) is 6.43. The predicted octanol–water partition coefficient (Wildman–Crippen LogP) is 2.00. The molecule has 4 atom stereocenters. The number of ether oxygens (including phenoxy) is 2. The third-order valence-corrected chi connectivity index (χ3v) is 4.38. The largest absolute Gasteiger partial charge is 0.389 e. The SMILES string of the molecule is C[B]CCCN1C(=O)C[C@@H](OC2CCCCO2)[C@@H]1/C=C/C(C)O. The van der Waals surface area contributed by atoms with E-state index in [0.29, 0.717) is 6.42 Å². The van der Waals surface area contributed by atoms with Gasteiger partial charge in [0, 0.05) is 13.2 Å². The van der Waals surface area contributed by atoms with Gasteiger partial charge in [-0.2, -0.15) is 0 Å². The smallest absolute Gasteiger partial charge is 0.225 e. The normalized spacial score (nSPS) is 30.1. The molecule has 1 amide bonds. The van der Waals surface area contributed by atoms with Crippen LogP contribution in [0, 0.1) is 0 Å². The maximum Gasteiger partial charge on any atom is 0.225 e. The first-order valence-corrected chi connectivity index (χ1v) is 8.82. The van der Waals surface area contributed by atoms with Gasteiger partial charge in [0.2, 0.25) is 5.91 Å².